The standard InChI is InChI=1S/C18H25N5O2S/c1-3-23(4-2)16-8-7-13(11-20-16)12-21-17(24)10-14(22-18(19)25)15-6-5-9-26-15/h5-9,11,14H,3-4,10,12H2,1-2H3,(H,21,24)(H3,19,22,25). The van der Waals surface area contributed by atoms with Gasteiger partial charge >= 0.3 is 6.03 Å². The molecule has 0 saturated heterocycles. The molecule has 7 nitrogen and oxygen atoms in total. The summed E-state index contributed by atoms with van der Waals surface area (Å²) in [4.78, 5) is 30.9. The van der Waals surface area contributed by atoms with Gasteiger partial charge in [-0.3, -0.25) is 4.79 Å². The van der Waals surface area contributed by atoms with Gasteiger partial charge in [-0.25, -0.2) is 9.78 Å². The van der Waals surface area contributed by atoms with E-state index in [9.17, 15) is 9.59 Å². The largest absolute Gasteiger partial charge is 0.357 e. The van der Waals surface area contributed by atoms with E-state index >= 15 is 0 Å². The van der Waals surface area contributed by atoms with Crippen molar-refractivity contribution >= 4 is 29.1 Å². The minimum atomic E-state index is -0.646. The number of hydrogen-bond acceptors (Lipinski definition) is 5. The van der Waals surface area contributed by atoms with Crippen molar-refractivity contribution in [1.82, 2.24) is 15.6 Å². The number of aromatic nitrogens is 1. The molecule has 2 heterocycles. The van der Waals surface area contributed by atoms with E-state index in [0.717, 1.165) is 29.3 Å². The topological polar surface area (TPSA) is 100 Å². The highest BCUT2D eigenvalue weighted by molar-refractivity contribution is 7.10. The zero-order chi connectivity index (χ0) is 18.9. The summed E-state index contributed by atoms with van der Waals surface area (Å²) in [5, 5.41) is 7.37. The Balaban J connectivity index is 1.90. The number of pyridine rings is 1. The molecule has 3 amide bonds. The summed E-state index contributed by atoms with van der Waals surface area (Å²) >= 11 is 1.47. The molecule has 0 aromatic carbocycles. The lowest BCUT2D eigenvalue weighted by molar-refractivity contribution is -0.121. The molecule has 4 N–H and O–H groups in total. The van der Waals surface area contributed by atoms with Crippen molar-refractivity contribution in [3.63, 3.8) is 0 Å². The van der Waals surface area contributed by atoms with Gasteiger partial charge in [-0.15, -0.1) is 11.3 Å². The van der Waals surface area contributed by atoms with E-state index < -0.39 is 12.1 Å². The monoisotopic (exact) mass is 375 g/mol. The van der Waals surface area contributed by atoms with Crippen LogP contribution in [0.2, 0.25) is 0 Å². The molecule has 1 unspecified atom stereocenters. The van der Waals surface area contributed by atoms with Gasteiger partial charge in [0.1, 0.15) is 5.82 Å². The maximum absolute atomic E-state index is 12.2. The molecule has 0 aliphatic heterocycles. The molecule has 0 saturated carbocycles. The molecule has 2 aromatic heterocycles. The van der Waals surface area contributed by atoms with Crippen LogP contribution in [0.3, 0.4) is 0 Å². The highest BCUT2D eigenvalue weighted by Gasteiger charge is 2.18. The fourth-order valence-corrected chi connectivity index (χ4v) is 3.38. The first-order chi connectivity index (χ1) is 12.5. The Morgan fingerprint density at radius 3 is 2.58 bits per heavy atom. The van der Waals surface area contributed by atoms with Gasteiger partial charge in [0.2, 0.25) is 5.91 Å². The van der Waals surface area contributed by atoms with Crippen LogP contribution in [-0.2, 0) is 11.3 Å². The second-order valence-electron chi connectivity index (χ2n) is 5.75. The number of carbonyl (C=O) groups is 2. The highest BCUT2D eigenvalue weighted by atomic mass is 32.1. The second kappa shape index (κ2) is 9.76. The van der Waals surface area contributed by atoms with Gasteiger partial charge < -0.3 is 21.3 Å². The lowest BCUT2D eigenvalue weighted by Gasteiger charge is -2.19. The number of anilines is 1. The summed E-state index contributed by atoms with van der Waals surface area (Å²) in [6, 6.07) is 6.59. The minimum Gasteiger partial charge on any atom is -0.357 e. The first kappa shape index (κ1) is 19.7. The highest BCUT2D eigenvalue weighted by Crippen LogP contribution is 2.22. The Morgan fingerprint density at radius 2 is 2.04 bits per heavy atom. The van der Waals surface area contributed by atoms with Crippen molar-refractivity contribution < 1.29 is 9.59 Å². The molecule has 2 aromatic rings. The van der Waals surface area contributed by atoms with Crippen LogP contribution in [0.4, 0.5) is 10.6 Å². The van der Waals surface area contributed by atoms with Crippen molar-refractivity contribution in [2.24, 2.45) is 5.73 Å². The zero-order valence-corrected chi connectivity index (χ0v) is 15.9. The minimum absolute atomic E-state index is 0.133. The van der Waals surface area contributed by atoms with E-state index in [4.69, 9.17) is 5.73 Å². The number of nitrogens with zero attached hydrogens (tertiary/aromatic N) is 2. The average molecular weight is 375 g/mol. The van der Waals surface area contributed by atoms with E-state index in [2.05, 4.69) is 34.4 Å². The quantitative estimate of drug-likeness (QED) is 0.626. The number of carbonyl (C=O) groups excluding carboxylic acids is 2. The van der Waals surface area contributed by atoms with Crippen LogP contribution < -0.4 is 21.3 Å². The number of hydrogen-bond donors (Lipinski definition) is 3. The van der Waals surface area contributed by atoms with Crippen molar-refractivity contribution in [3.8, 4) is 0 Å². The summed E-state index contributed by atoms with van der Waals surface area (Å²) < 4.78 is 0. The molecule has 0 aliphatic rings. The van der Waals surface area contributed by atoms with E-state index in [0.29, 0.717) is 6.54 Å². The molecule has 1 atom stereocenters. The zero-order valence-electron chi connectivity index (χ0n) is 15.1. The van der Waals surface area contributed by atoms with Gasteiger partial charge in [-0.2, -0.15) is 0 Å². The normalized spacial score (nSPS) is 11.6. The smallest absolute Gasteiger partial charge is 0.312 e. The molecule has 0 spiro atoms. The van der Waals surface area contributed by atoms with Gasteiger partial charge in [-0.05, 0) is 36.9 Å². The van der Waals surface area contributed by atoms with Crippen LogP contribution in [0.25, 0.3) is 0 Å². The van der Waals surface area contributed by atoms with Gasteiger partial charge in [0.25, 0.3) is 0 Å². The molecular formula is C18H25N5O2S. The first-order valence-corrected chi connectivity index (χ1v) is 9.47. The summed E-state index contributed by atoms with van der Waals surface area (Å²) in [7, 11) is 0. The van der Waals surface area contributed by atoms with Gasteiger partial charge in [0, 0.05) is 30.7 Å². The molecule has 0 aliphatic carbocycles. The van der Waals surface area contributed by atoms with Crippen molar-refractivity contribution in [2.45, 2.75) is 32.9 Å². The van der Waals surface area contributed by atoms with E-state index in [-0.39, 0.29) is 12.3 Å². The van der Waals surface area contributed by atoms with Crippen LogP contribution in [0.1, 0.15) is 36.8 Å². The molecule has 0 bridgehead atoms. The molecule has 26 heavy (non-hydrogen) atoms. The predicted molar refractivity (Wildman–Crippen MR) is 104 cm³/mol. The Kier molecular flexibility index (Phi) is 7.40. The van der Waals surface area contributed by atoms with Crippen LogP contribution in [-0.4, -0.2) is 30.0 Å². The van der Waals surface area contributed by atoms with E-state index in [1.807, 2.05) is 29.6 Å². The fourth-order valence-electron chi connectivity index (χ4n) is 2.60. The first-order valence-electron chi connectivity index (χ1n) is 8.59. The van der Waals surface area contributed by atoms with Crippen molar-refractivity contribution in [2.75, 3.05) is 18.0 Å². The number of urea groups is 1. The van der Waals surface area contributed by atoms with E-state index in [1.165, 1.54) is 11.3 Å². The van der Waals surface area contributed by atoms with Crippen molar-refractivity contribution in [3.05, 3.63) is 46.3 Å². The van der Waals surface area contributed by atoms with Crippen LogP contribution >= 0.6 is 11.3 Å². The Morgan fingerprint density at radius 1 is 1.27 bits per heavy atom. The van der Waals surface area contributed by atoms with Crippen LogP contribution in [0.15, 0.2) is 35.8 Å². The maximum atomic E-state index is 12.2. The Hall–Kier alpha value is -2.61. The third-order valence-corrected chi connectivity index (χ3v) is 4.96. The summed E-state index contributed by atoms with van der Waals surface area (Å²) in [5.74, 6) is 0.762. The Bertz CT molecular complexity index is 699. The van der Waals surface area contributed by atoms with Crippen LogP contribution in [0.5, 0.6) is 0 Å². The lowest BCUT2D eigenvalue weighted by atomic mass is 10.1. The SMILES string of the molecule is CCN(CC)c1ccc(CNC(=O)CC(NC(N)=O)c2cccs2)cn1. The number of rotatable bonds is 9. The van der Waals surface area contributed by atoms with Gasteiger partial charge in [0.15, 0.2) is 0 Å². The molecular weight excluding hydrogens is 350 g/mol. The average Bonchev–Trinajstić information content (AvgIpc) is 3.16. The molecule has 8 heteroatoms. The summed E-state index contributed by atoms with van der Waals surface area (Å²) in [6.07, 6.45) is 1.90. The number of amides is 3. The van der Waals surface area contributed by atoms with Crippen LogP contribution in [0, 0.1) is 0 Å². The number of thiophene rings is 1. The summed E-state index contributed by atoms with van der Waals surface area (Å²) in [5.41, 5.74) is 6.13. The molecule has 0 radical (unpaired) electrons. The number of nitrogens with two attached hydrogens (primary N) is 1. The van der Waals surface area contributed by atoms with Crippen molar-refractivity contribution in [1.29, 1.82) is 0 Å². The third kappa shape index (κ3) is 5.73. The Labute approximate surface area is 157 Å². The molecule has 0 fully saturated rings. The maximum Gasteiger partial charge on any atom is 0.312 e. The molecule has 2 rings (SSSR count). The van der Waals surface area contributed by atoms with E-state index in [1.54, 1.807) is 6.20 Å². The van der Waals surface area contributed by atoms with Gasteiger partial charge in [0.05, 0.1) is 12.5 Å². The fraction of sp³-hybridized carbons (Fsp3) is 0.389. The molecule has 140 valence electrons. The number of primary amides is 1. The summed E-state index contributed by atoms with van der Waals surface area (Å²) in [6.45, 7) is 6.36. The number of nitrogens with one attached hydrogen (secondary N) is 2. The second-order valence-corrected chi connectivity index (χ2v) is 6.73. The van der Waals surface area contributed by atoms with Gasteiger partial charge in [-0.1, -0.05) is 12.1 Å². The third-order valence-electron chi connectivity index (χ3n) is 3.98. The lowest BCUT2D eigenvalue weighted by Crippen LogP contribution is -2.36. The predicted octanol–water partition coefficient (Wildman–Crippen LogP) is 2.41.